The van der Waals surface area contributed by atoms with Crippen molar-refractivity contribution in [3.63, 3.8) is 0 Å². The van der Waals surface area contributed by atoms with Crippen molar-refractivity contribution in [2.24, 2.45) is 5.10 Å². The van der Waals surface area contributed by atoms with Crippen molar-refractivity contribution in [1.29, 1.82) is 0 Å². The molecule has 0 aliphatic heterocycles. The molecule has 2 aromatic carbocycles. The lowest BCUT2D eigenvalue weighted by molar-refractivity contribution is -0.121. The van der Waals surface area contributed by atoms with Gasteiger partial charge < -0.3 is 0 Å². The van der Waals surface area contributed by atoms with E-state index in [-0.39, 0.29) is 18.0 Å². The van der Waals surface area contributed by atoms with Crippen molar-refractivity contribution in [2.45, 2.75) is 11.3 Å². The summed E-state index contributed by atoms with van der Waals surface area (Å²) in [5.74, 6) is -0.533. The first kappa shape index (κ1) is 21.4. The molecule has 3 rings (SSSR count). The molecule has 0 unspecified atom stereocenters. The van der Waals surface area contributed by atoms with Crippen LogP contribution in [0.3, 0.4) is 0 Å². The number of hydrogen-bond acceptors (Lipinski definition) is 5. The van der Waals surface area contributed by atoms with E-state index >= 15 is 0 Å². The van der Waals surface area contributed by atoms with Gasteiger partial charge >= 0.3 is 0 Å². The number of amides is 1. The van der Waals surface area contributed by atoms with Crippen LogP contribution in [-0.4, -0.2) is 42.9 Å². The van der Waals surface area contributed by atoms with Crippen LogP contribution in [0.5, 0.6) is 0 Å². The van der Waals surface area contributed by atoms with E-state index in [1.165, 1.54) is 22.7 Å². The lowest BCUT2D eigenvalue weighted by atomic mass is 10.1. The van der Waals surface area contributed by atoms with Gasteiger partial charge in [-0.05, 0) is 36.2 Å². The van der Waals surface area contributed by atoms with Crippen molar-refractivity contribution in [1.82, 2.24) is 14.7 Å². The summed E-state index contributed by atoms with van der Waals surface area (Å²) in [6.45, 7) is -0.178. The third kappa shape index (κ3) is 6.07. The Hall–Kier alpha value is -3.36. The van der Waals surface area contributed by atoms with Crippen LogP contribution < -0.4 is 5.43 Å². The van der Waals surface area contributed by atoms with Crippen LogP contribution in [-0.2, 0) is 21.2 Å². The summed E-state index contributed by atoms with van der Waals surface area (Å²) in [4.78, 5) is 16.6. The van der Waals surface area contributed by atoms with Gasteiger partial charge in [0.25, 0.3) is 5.91 Å². The van der Waals surface area contributed by atoms with Crippen LogP contribution in [0.1, 0.15) is 11.3 Å². The molecule has 0 saturated heterocycles. The summed E-state index contributed by atoms with van der Waals surface area (Å²) in [5.41, 5.74) is 3.93. The molecule has 0 radical (unpaired) electrons. The molecule has 0 aliphatic carbocycles. The largest absolute Gasteiger partial charge is 0.272 e. The summed E-state index contributed by atoms with van der Waals surface area (Å²) in [6, 6.07) is 22.9. The minimum atomic E-state index is -3.84. The van der Waals surface area contributed by atoms with Gasteiger partial charge in [0, 0.05) is 12.7 Å². The van der Waals surface area contributed by atoms with E-state index in [0.29, 0.717) is 12.1 Å². The zero-order valence-electron chi connectivity index (χ0n) is 16.3. The topological polar surface area (TPSA) is 91.7 Å². The van der Waals surface area contributed by atoms with Gasteiger partial charge in [0.1, 0.15) is 0 Å². The Kier molecular flexibility index (Phi) is 7.42. The minimum Gasteiger partial charge on any atom is -0.272 e. The highest BCUT2D eigenvalue weighted by atomic mass is 32.2. The van der Waals surface area contributed by atoms with Gasteiger partial charge in [-0.1, -0.05) is 54.6 Å². The molecule has 0 fully saturated rings. The van der Waals surface area contributed by atoms with Crippen LogP contribution in [0.15, 0.2) is 95.1 Å². The number of nitrogens with zero attached hydrogens (tertiary/aromatic N) is 3. The second-order valence-corrected chi connectivity index (χ2v) is 8.37. The summed E-state index contributed by atoms with van der Waals surface area (Å²) in [6.07, 6.45) is 3.50. The molecule has 0 atom stereocenters. The maximum absolute atomic E-state index is 13.1. The first-order valence-corrected chi connectivity index (χ1v) is 10.8. The molecular formula is C22H22N4O3S. The van der Waals surface area contributed by atoms with Gasteiger partial charge in [-0.15, -0.1) is 0 Å². The standard InChI is InChI=1S/C22H22N4O3S/c27-22(25-24-17-20-11-7-8-15-23-20)18-26(16-14-19-9-3-1-4-10-19)30(28,29)21-12-5-2-6-13-21/h1-13,15,17H,14,16,18H2,(H,25,27)/b24-17-. The number of nitrogens with one attached hydrogen (secondary N) is 1. The van der Waals surface area contributed by atoms with Crippen LogP contribution in [0, 0.1) is 0 Å². The fourth-order valence-electron chi connectivity index (χ4n) is 2.74. The van der Waals surface area contributed by atoms with Crippen LogP contribution >= 0.6 is 0 Å². The van der Waals surface area contributed by atoms with E-state index in [1.54, 1.807) is 42.6 Å². The number of carbonyl (C=O) groups excluding carboxylic acids is 1. The summed E-state index contributed by atoms with van der Waals surface area (Å²) >= 11 is 0. The summed E-state index contributed by atoms with van der Waals surface area (Å²) in [5, 5.41) is 3.86. The van der Waals surface area contributed by atoms with Crippen LogP contribution in [0.25, 0.3) is 0 Å². The Morgan fingerprint density at radius 2 is 1.63 bits per heavy atom. The molecule has 1 amide bonds. The molecule has 3 aromatic rings. The van der Waals surface area contributed by atoms with Crippen molar-refractivity contribution >= 4 is 22.1 Å². The number of aromatic nitrogens is 1. The molecule has 30 heavy (non-hydrogen) atoms. The second kappa shape index (κ2) is 10.4. The molecule has 1 N–H and O–H groups in total. The minimum absolute atomic E-state index is 0.142. The third-order valence-electron chi connectivity index (χ3n) is 4.27. The maximum Gasteiger partial charge on any atom is 0.255 e. The second-order valence-electron chi connectivity index (χ2n) is 6.44. The highest BCUT2D eigenvalue weighted by Gasteiger charge is 2.26. The van der Waals surface area contributed by atoms with Gasteiger partial charge in [-0.3, -0.25) is 9.78 Å². The molecule has 154 valence electrons. The van der Waals surface area contributed by atoms with Gasteiger partial charge in [0.05, 0.1) is 23.3 Å². The smallest absolute Gasteiger partial charge is 0.255 e. The highest BCUT2D eigenvalue weighted by molar-refractivity contribution is 7.89. The average molecular weight is 423 g/mol. The predicted octanol–water partition coefficient (Wildman–Crippen LogP) is 2.47. The number of hydrogen-bond donors (Lipinski definition) is 1. The molecule has 8 heteroatoms. The number of carbonyl (C=O) groups is 1. The quantitative estimate of drug-likeness (QED) is 0.424. The van der Waals surface area contributed by atoms with Gasteiger partial charge in [-0.2, -0.15) is 9.41 Å². The lowest BCUT2D eigenvalue weighted by Gasteiger charge is -2.21. The zero-order chi connectivity index (χ0) is 21.2. The molecule has 1 aromatic heterocycles. The number of hydrazone groups is 1. The summed E-state index contributed by atoms with van der Waals surface area (Å²) in [7, 11) is -3.84. The fourth-order valence-corrected chi connectivity index (χ4v) is 4.16. The third-order valence-corrected chi connectivity index (χ3v) is 6.13. The predicted molar refractivity (Wildman–Crippen MR) is 115 cm³/mol. The average Bonchev–Trinajstić information content (AvgIpc) is 2.78. The molecule has 0 aliphatic rings. The number of rotatable bonds is 9. The van der Waals surface area contributed by atoms with E-state index in [4.69, 9.17) is 0 Å². The van der Waals surface area contributed by atoms with E-state index in [2.05, 4.69) is 15.5 Å². The highest BCUT2D eigenvalue weighted by Crippen LogP contribution is 2.16. The molecule has 0 spiro atoms. The van der Waals surface area contributed by atoms with Crippen molar-refractivity contribution in [2.75, 3.05) is 13.1 Å². The van der Waals surface area contributed by atoms with Gasteiger partial charge in [0.2, 0.25) is 10.0 Å². The van der Waals surface area contributed by atoms with Gasteiger partial charge in [0.15, 0.2) is 0 Å². The Labute approximate surface area is 176 Å². The first-order valence-electron chi connectivity index (χ1n) is 9.38. The van der Waals surface area contributed by atoms with Gasteiger partial charge in [-0.25, -0.2) is 13.8 Å². The zero-order valence-corrected chi connectivity index (χ0v) is 17.1. The molecular weight excluding hydrogens is 400 g/mol. The van der Waals surface area contributed by atoms with E-state index in [0.717, 1.165) is 5.56 Å². The Morgan fingerprint density at radius 3 is 2.30 bits per heavy atom. The molecule has 7 nitrogen and oxygen atoms in total. The Morgan fingerprint density at radius 1 is 0.967 bits per heavy atom. The van der Waals surface area contributed by atoms with Crippen molar-refractivity contribution in [3.8, 4) is 0 Å². The van der Waals surface area contributed by atoms with E-state index in [1.807, 2.05) is 30.3 Å². The normalized spacial score (nSPS) is 11.6. The van der Waals surface area contributed by atoms with Crippen LogP contribution in [0.4, 0.5) is 0 Å². The Bertz CT molecular complexity index is 1070. The monoisotopic (exact) mass is 422 g/mol. The van der Waals surface area contributed by atoms with Crippen molar-refractivity contribution in [3.05, 3.63) is 96.3 Å². The molecule has 0 bridgehead atoms. The van der Waals surface area contributed by atoms with Crippen molar-refractivity contribution < 1.29 is 13.2 Å². The lowest BCUT2D eigenvalue weighted by Crippen LogP contribution is -2.40. The number of sulfonamides is 1. The molecule has 0 saturated carbocycles. The molecule has 1 heterocycles. The summed E-state index contributed by atoms with van der Waals surface area (Å²) < 4.78 is 27.3. The fraction of sp³-hybridized carbons (Fsp3) is 0.136. The SMILES string of the molecule is O=C(CN(CCc1ccccc1)S(=O)(=O)c1ccccc1)N/N=C\c1ccccn1. The first-order chi connectivity index (χ1) is 14.6. The van der Waals surface area contributed by atoms with E-state index in [9.17, 15) is 13.2 Å². The number of benzene rings is 2. The maximum atomic E-state index is 13.1. The number of pyridine rings is 1. The van der Waals surface area contributed by atoms with E-state index < -0.39 is 15.9 Å². The van der Waals surface area contributed by atoms with Crippen LogP contribution in [0.2, 0.25) is 0 Å². The Balaban J connectivity index is 1.71.